The Kier molecular flexibility index (Phi) is 7.17. The fourth-order valence-corrected chi connectivity index (χ4v) is 3.07. The van der Waals surface area contributed by atoms with Gasteiger partial charge in [0.25, 0.3) is 0 Å². The van der Waals surface area contributed by atoms with Gasteiger partial charge in [0.05, 0.1) is 12.2 Å². The lowest BCUT2D eigenvalue weighted by Gasteiger charge is -2.13. The van der Waals surface area contributed by atoms with Crippen LogP contribution < -0.4 is 9.47 Å². The molecule has 0 heterocycles. The quantitative estimate of drug-likeness (QED) is 0.382. The Hall–Kier alpha value is -3.21. The van der Waals surface area contributed by atoms with Crippen molar-refractivity contribution in [3.05, 3.63) is 96.1 Å². The second-order valence-electron chi connectivity index (χ2n) is 6.67. The first kappa shape index (κ1) is 21.5. The van der Waals surface area contributed by atoms with Crippen molar-refractivity contribution in [2.24, 2.45) is 0 Å². The molecule has 0 bridgehead atoms. The normalized spacial score (nSPS) is 11.9. The third-order valence-corrected chi connectivity index (χ3v) is 4.44. The molecule has 0 radical (unpaired) electrons. The minimum absolute atomic E-state index is 0.132. The summed E-state index contributed by atoms with van der Waals surface area (Å²) in [6.45, 7) is 2.29. The van der Waals surface area contributed by atoms with E-state index < -0.39 is 11.7 Å². The predicted molar refractivity (Wildman–Crippen MR) is 113 cm³/mol. The number of rotatable bonds is 8. The van der Waals surface area contributed by atoms with Crippen LogP contribution in [0.2, 0.25) is 0 Å². The number of alkyl halides is 3. The summed E-state index contributed by atoms with van der Waals surface area (Å²) in [5.41, 5.74) is 0.405. The maximum absolute atomic E-state index is 13.6. The molecule has 0 N–H and O–H groups in total. The van der Waals surface area contributed by atoms with Crippen molar-refractivity contribution in [1.29, 1.82) is 0 Å². The van der Waals surface area contributed by atoms with Crippen molar-refractivity contribution < 1.29 is 22.6 Å². The smallest absolute Gasteiger partial charge is 0.416 e. The van der Waals surface area contributed by atoms with E-state index in [2.05, 4.69) is 0 Å². The number of benzene rings is 3. The van der Waals surface area contributed by atoms with Gasteiger partial charge in [0.15, 0.2) is 0 Å². The zero-order valence-electron chi connectivity index (χ0n) is 16.7. The summed E-state index contributed by atoms with van der Waals surface area (Å²) in [7, 11) is 0. The van der Waals surface area contributed by atoms with Crippen LogP contribution in [0.5, 0.6) is 17.2 Å². The van der Waals surface area contributed by atoms with E-state index in [9.17, 15) is 13.2 Å². The first-order valence-corrected chi connectivity index (χ1v) is 9.78. The van der Waals surface area contributed by atoms with Gasteiger partial charge in [0.1, 0.15) is 17.2 Å². The fourth-order valence-electron chi connectivity index (χ4n) is 3.07. The van der Waals surface area contributed by atoms with Gasteiger partial charge in [-0.05, 0) is 67.3 Å². The topological polar surface area (TPSA) is 18.5 Å². The van der Waals surface area contributed by atoms with Crippen molar-refractivity contribution in [3.63, 3.8) is 0 Å². The van der Waals surface area contributed by atoms with Crippen LogP contribution in [-0.2, 0) is 6.42 Å². The lowest BCUT2D eigenvalue weighted by molar-refractivity contribution is -0.0690. The number of para-hydroxylation sites is 1. The van der Waals surface area contributed by atoms with E-state index in [1.54, 1.807) is 12.1 Å². The Balaban J connectivity index is 1.70. The number of allylic oxidation sites excluding steroid dienone is 2. The van der Waals surface area contributed by atoms with E-state index in [1.165, 1.54) is 18.2 Å². The summed E-state index contributed by atoms with van der Waals surface area (Å²) in [6, 6.07) is 22.8. The molecule has 0 aliphatic rings. The first-order valence-electron chi connectivity index (χ1n) is 9.78. The third-order valence-electron chi connectivity index (χ3n) is 4.44. The van der Waals surface area contributed by atoms with E-state index in [-0.39, 0.29) is 12.0 Å². The Morgan fingerprint density at radius 3 is 2.20 bits per heavy atom. The second kappa shape index (κ2) is 10.0. The third kappa shape index (κ3) is 6.14. The minimum atomic E-state index is -4.43. The molecule has 0 saturated carbocycles. The molecular weight excluding hydrogens is 389 g/mol. The van der Waals surface area contributed by atoms with Gasteiger partial charge in [0, 0.05) is 0 Å². The Labute approximate surface area is 174 Å². The van der Waals surface area contributed by atoms with Crippen LogP contribution in [0.25, 0.3) is 5.57 Å². The molecule has 0 fully saturated rings. The lowest BCUT2D eigenvalue weighted by atomic mass is 10.0. The fraction of sp³-hybridized carbons (Fsp3) is 0.200. The molecule has 0 spiro atoms. The van der Waals surface area contributed by atoms with Gasteiger partial charge in [-0.1, -0.05) is 48.5 Å². The molecule has 0 amide bonds. The molecule has 0 saturated heterocycles. The van der Waals surface area contributed by atoms with E-state index in [4.69, 9.17) is 9.47 Å². The van der Waals surface area contributed by atoms with Gasteiger partial charge in [-0.25, -0.2) is 0 Å². The van der Waals surface area contributed by atoms with Crippen LogP contribution in [0.1, 0.15) is 24.5 Å². The van der Waals surface area contributed by atoms with Crippen LogP contribution in [-0.4, -0.2) is 12.8 Å². The average molecular weight is 412 g/mol. The maximum atomic E-state index is 13.6. The van der Waals surface area contributed by atoms with Crippen LogP contribution in [0.4, 0.5) is 13.2 Å². The number of halogens is 3. The Morgan fingerprint density at radius 1 is 0.833 bits per heavy atom. The van der Waals surface area contributed by atoms with Gasteiger partial charge in [0.2, 0.25) is 0 Å². The van der Waals surface area contributed by atoms with E-state index >= 15 is 0 Å². The number of hydrogen-bond donors (Lipinski definition) is 0. The van der Waals surface area contributed by atoms with E-state index in [0.29, 0.717) is 30.3 Å². The highest BCUT2D eigenvalue weighted by Crippen LogP contribution is 2.35. The van der Waals surface area contributed by atoms with Crippen molar-refractivity contribution in [2.75, 3.05) is 6.61 Å². The molecule has 3 aromatic rings. The summed E-state index contributed by atoms with van der Waals surface area (Å²) in [4.78, 5) is 0. The standard InChI is InChI=1S/C25H23F3O2/c1-2-29-21-16-14-20(15-17-21)24(25(26,27)28)13-7-9-19-8-6-12-23(18-19)30-22-10-4-3-5-11-22/h3-6,8,10-18H,2,7,9H2,1H3. The highest BCUT2D eigenvalue weighted by molar-refractivity contribution is 5.70. The monoisotopic (exact) mass is 412 g/mol. The molecule has 0 aliphatic carbocycles. The highest BCUT2D eigenvalue weighted by atomic mass is 19.4. The molecule has 5 heteroatoms. The molecular formula is C25H23F3O2. The van der Waals surface area contributed by atoms with Gasteiger partial charge in [-0.3, -0.25) is 0 Å². The van der Waals surface area contributed by atoms with Crippen LogP contribution in [0.3, 0.4) is 0 Å². The Morgan fingerprint density at radius 2 is 1.53 bits per heavy atom. The van der Waals surface area contributed by atoms with Crippen molar-refractivity contribution in [1.82, 2.24) is 0 Å². The summed E-state index contributed by atoms with van der Waals surface area (Å²) in [6.07, 6.45) is -2.44. The number of hydrogen-bond acceptors (Lipinski definition) is 2. The zero-order chi connectivity index (χ0) is 21.4. The average Bonchev–Trinajstić information content (AvgIpc) is 2.72. The van der Waals surface area contributed by atoms with Gasteiger partial charge in [-0.2, -0.15) is 13.2 Å². The Bertz CT molecular complexity index is 962. The largest absolute Gasteiger partial charge is 0.494 e. The molecule has 2 nitrogen and oxygen atoms in total. The molecule has 156 valence electrons. The van der Waals surface area contributed by atoms with Crippen LogP contribution in [0, 0.1) is 0 Å². The molecule has 0 aromatic heterocycles. The zero-order valence-corrected chi connectivity index (χ0v) is 16.7. The molecule has 0 aliphatic heterocycles. The number of ether oxygens (including phenoxy) is 2. The summed E-state index contributed by atoms with van der Waals surface area (Å²) in [5, 5.41) is 0. The summed E-state index contributed by atoms with van der Waals surface area (Å²) >= 11 is 0. The van der Waals surface area contributed by atoms with Gasteiger partial charge < -0.3 is 9.47 Å². The second-order valence-corrected chi connectivity index (χ2v) is 6.67. The molecule has 3 aromatic carbocycles. The molecule has 0 atom stereocenters. The molecule has 0 unspecified atom stereocenters. The summed E-state index contributed by atoms with van der Waals surface area (Å²) < 4.78 is 51.8. The van der Waals surface area contributed by atoms with Gasteiger partial charge >= 0.3 is 6.18 Å². The first-order chi connectivity index (χ1) is 14.5. The van der Waals surface area contributed by atoms with E-state index in [0.717, 1.165) is 5.56 Å². The molecule has 3 rings (SSSR count). The van der Waals surface area contributed by atoms with Gasteiger partial charge in [-0.15, -0.1) is 0 Å². The highest BCUT2D eigenvalue weighted by Gasteiger charge is 2.34. The molecule has 30 heavy (non-hydrogen) atoms. The van der Waals surface area contributed by atoms with Crippen molar-refractivity contribution in [3.8, 4) is 17.2 Å². The lowest BCUT2D eigenvalue weighted by Crippen LogP contribution is -2.11. The maximum Gasteiger partial charge on any atom is 0.416 e. The summed E-state index contributed by atoms with van der Waals surface area (Å²) in [5.74, 6) is 1.92. The van der Waals surface area contributed by atoms with Crippen LogP contribution >= 0.6 is 0 Å². The SMILES string of the molecule is CCOc1ccc(C(=CCCc2cccc(Oc3ccccc3)c2)C(F)(F)F)cc1. The van der Waals surface area contributed by atoms with Crippen molar-refractivity contribution >= 4 is 5.57 Å². The van der Waals surface area contributed by atoms with E-state index in [1.807, 2.05) is 61.5 Å². The predicted octanol–water partition coefficient (Wildman–Crippen LogP) is 7.46. The van der Waals surface area contributed by atoms with Crippen LogP contribution in [0.15, 0.2) is 84.9 Å². The minimum Gasteiger partial charge on any atom is -0.494 e. The van der Waals surface area contributed by atoms with Crippen molar-refractivity contribution in [2.45, 2.75) is 25.9 Å². The number of aryl methyl sites for hydroxylation is 1.